The fourth-order valence-corrected chi connectivity index (χ4v) is 1.38. The third-order valence-corrected chi connectivity index (χ3v) is 2.11. The van der Waals surface area contributed by atoms with E-state index in [1.807, 2.05) is 22.6 Å². The Hall–Kier alpha value is -0.330. The predicted molar refractivity (Wildman–Crippen MR) is 51.3 cm³/mol. The second-order valence-corrected chi connectivity index (χ2v) is 3.83. The van der Waals surface area contributed by atoms with Gasteiger partial charge >= 0.3 is 6.18 Å². The molecule has 1 rings (SSSR count). The fraction of sp³-hybridized carbons (Fsp3) is 0.375. The Morgan fingerprint density at radius 1 is 1.38 bits per heavy atom. The lowest BCUT2D eigenvalue weighted by Crippen LogP contribution is -2.09. The minimum absolute atomic E-state index is 0.0413. The van der Waals surface area contributed by atoms with E-state index in [1.165, 1.54) is 6.20 Å². The van der Waals surface area contributed by atoms with Crippen molar-refractivity contribution in [1.82, 2.24) is 4.98 Å². The van der Waals surface area contributed by atoms with Crippen molar-refractivity contribution >= 4 is 22.6 Å². The van der Waals surface area contributed by atoms with E-state index in [1.54, 1.807) is 12.1 Å². The van der Waals surface area contributed by atoms with Crippen molar-refractivity contribution in [2.24, 2.45) is 0 Å². The van der Waals surface area contributed by atoms with Gasteiger partial charge in [-0.2, -0.15) is 13.2 Å². The molecule has 0 saturated heterocycles. The van der Waals surface area contributed by atoms with Crippen LogP contribution in [0.4, 0.5) is 13.2 Å². The third kappa shape index (κ3) is 4.44. The summed E-state index contributed by atoms with van der Waals surface area (Å²) in [6, 6.07) is 3.41. The number of pyridine rings is 1. The molecule has 1 nitrogen and oxygen atoms in total. The Kier molecular flexibility index (Phi) is 3.52. The zero-order valence-electron chi connectivity index (χ0n) is 6.61. The number of aryl methyl sites for hydroxylation is 1. The van der Waals surface area contributed by atoms with E-state index in [0.29, 0.717) is 5.69 Å². The number of alkyl halides is 3. The van der Waals surface area contributed by atoms with Gasteiger partial charge in [0.25, 0.3) is 0 Å². The molecule has 1 aromatic heterocycles. The number of hydrogen-bond acceptors (Lipinski definition) is 1. The van der Waals surface area contributed by atoms with E-state index in [9.17, 15) is 13.2 Å². The van der Waals surface area contributed by atoms with Gasteiger partial charge in [-0.15, -0.1) is 0 Å². The monoisotopic (exact) mass is 301 g/mol. The summed E-state index contributed by atoms with van der Waals surface area (Å²) in [7, 11) is 0. The van der Waals surface area contributed by atoms with E-state index in [2.05, 4.69) is 4.98 Å². The fourth-order valence-electron chi connectivity index (χ4n) is 0.855. The SMILES string of the molecule is FC(F)(F)CCc1cc(I)ccn1. The Morgan fingerprint density at radius 3 is 2.62 bits per heavy atom. The third-order valence-electron chi connectivity index (χ3n) is 1.44. The molecule has 0 bridgehead atoms. The molecule has 0 atom stereocenters. The maximum Gasteiger partial charge on any atom is 0.389 e. The van der Waals surface area contributed by atoms with Crippen LogP contribution >= 0.6 is 22.6 Å². The zero-order valence-corrected chi connectivity index (χ0v) is 8.76. The lowest BCUT2D eigenvalue weighted by molar-refractivity contribution is -0.134. The molecule has 0 aliphatic heterocycles. The van der Waals surface area contributed by atoms with Crippen LogP contribution in [0.1, 0.15) is 12.1 Å². The lowest BCUT2D eigenvalue weighted by Gasteiger charge is -2.05. The van der Waals surface area contributed by atoms with E-state index in [4.69, 9.17) is 0 Å². The average Bonchev–Trinajstić information content (AvgIpc) is 2.00. The van der Waals surface area contributed by atoms with E-state index in [-0.39, 0.29) is 6.42 Å². The molecule has 0 aliphatic carbocycles. The van der Waals surface area contributed by atoms with Gasteiger partial charge in [0.1, 0.15) is 0 Å². The Morgan fingerprint density at radius 2 is 2.08 bits per heavy atom. The van der Waals surface area contributed by atoms with Crippen LogP contribution < -0.4 is 0 Å². The van der Waals surface area contributed by atoms with Crippen molar-refractivity contribution in [1.29, 1.82) is 0 Å². The van der Waals surface area contributed by atoms with Crippen molar-refractivity contribution < 1.29 is 13.2 Å². The molecule has 0 radical (unpaired) electrons. The highest BCUT2D eigenvalue weighted by Gasteiger charge is 2.26. The zero-order chi connectivity index (χ0) is 9.90. The number of aromatic nitrogens is 1. The largest absolute Gasteiger partial charge is 0.389 e. The van der Waals surface area contributed by atoms with Gasteiger partial charge in [0.15, 0.2) is 0 Å². The normalized spacial score (nSPS) is 11.7. The molecular formula is C8H7F3IN. The number of halogens is 4. The maximum atomic E-state index is 11.8. The molecule has 0 fully saturated rings. The predicted octanol–water partition coefficient (Wildman–Crippen LogP) is 3.18. The summed E-state index contributed by atoms with van der Waals surface area (Å²) >= 11 is 2.04. The Bertz CT molecular complexity index is 285. The second-order valence-electron chi connectivity index (χ2n) is 2.58. The van der Waals surface area contributed by atoms with E-state index in [0.717, 1.165) is 3.57 Å². The van der Waals surface area contributed by atoms with Gasteiger partial charge in [-0.1, -0.05) is 0 Å². The highest BCUT2D eigenvalue weighted by molar-refractivity contribution is 14.1. The molecule has 72 valence electrons. The number of nitrogens with zero attached hydrogens (tertiary/aromatic N) is 1. The summed E-state index contributed by atoms with van der Waals surface area (Å²) < 4.78 is 36.3. The highest BCUT2D eigenvalue weighted by Crippen LogP contribution is 2.21. The lowest BCUT2D eigenvalue weighted by atomic mass is 10.2. The van der Waals surface area contributed by atoms with Crippen molar-refractivity contribution in [3.05, 3.63) is 27.6 Å². The average molecular weight is 301 g/mol. The van der Waals surface area contributed by atoms with Crippen molar-refractivity contribution in [2.45, 2.75) is 19.0 Å². The summed E-state index contributed by atoms with van der Waals surface area (Å²) in [4.78, 5) is 3.84. The minimum Gasteiger partial charge on any atom is -0.261 e. The number of hydrogen-bond donors (Lipinski definition) is 0. The molecule has 13 heavy (non-hydrogen) atoms. The minimum atomic E-state index is -4.09. The maximum absolute atomic E-state index is 11.8. The van der Waals surface area contributed by atoms with Crippen LogP contribution in [0.2, 0.25) is 0 Å². The first kappa shape index (κ1) is 10.7. The molecule has 1 aromatic rings. The van der Waals surface area contributed by atoms with Gasteiger partial charge in [-0.25, -0.2) is 0 Å². The van der Waals surface area contributed by atoms with Crippen LogP contribution in [-0.4, -0.2) is 11.2 Å². The summed E-state index contributed by atoms with van der Waals surface area (Å²) in [5.74, 6) is 0. The van der Waals surface area contributed by atoms with Gasteiger partial charge in [0.05, 0.1) is 0 Å². The molecule has 0 unspecified atom stereocenters. The quantitative estimate of drug-likeness (QED) is 0.765. The summed E-state index contributed by atoms with van der Waals surface area (Å²) in [5, 5.41) is 0. The molecule has 0 spiro atoms. The van der Waals surface area contributed by atoms with Gasteiger partial charge in [-0.05, 0) is 41.1 Å². The van der Waals surface area contributed by atoms with Crippen LogP contribution in [-0.2, 0) is 6.42 Å². The van der Waals surface area contributed by atoms with Crippen molar-refractivity contribution in [2.75, 3.05) is 0 Å². The van der Waals surface area contributed by atoms with Crippen LogP contribution in [0.15, 0.2) is 18.3 Å². The van der Waals surface area contributed by atoms with Crippen LogP contribution in [0.5, 0.6) is 0 Å². The summed E-state index contributed by atoms with van der Waals surface area (Å²) in [5.41, 5.74) is 0.490. The number of rotatable bonds is 2. The Labute approximate surface area is 87.5 Å². The van der Waals surface area contributed by atoms with E-state index >= 15 is 0 Å². The molecular weight excluding hydrogens is 294 g/mol. The van der Waals surface area contributed by atoms with Crippen LogP contribution in [0, 0.1) is 3.57 Å². The molecule has 0 saturated carbocycles. The smallest absolute Gasteiger partial charge is 0.261 e. The molecule has 0 aromatic carbocycles. The molecule has 0 N–H and O–H groups in total. The Balaban J connectivity index is 2.55. The molecule has 0 aliphatic rings. The van der Waals surface area contributed by atoms with Crippen molar-refractivity contribution in [3.8, 4) is 0 Å². The molecule has 1 heterocycles. The first-order valence-electron chi connectivity index (χ1n) is 3.64. The highest BCUT2D eigenvalue weighted by atomic mass is 127. The second kappa shape index (κ2) is 4.26. The summed E-state index contributed by atoms with van der Waals surface area (Å²) in [6.07, 6.45) is -3.42. The van der Waals surface area contributed by atoms with Crippen LogP contribution in [0.25, 0.3) is 0 Å². The molecule has 5 heteroatoms. The first-order chi connectivity index (χ1) is 5.97. The topological polar surface area (TPSA) is 12.9 Å². The van der Waals surface area contributed by atoms with Gasteiger partial charge < -0.3 is 0 Å². The van der Waals surface area contributed by atoms with Crippen LogP contribution in [0.3, 0.4) is 0 Å². The first-order valence-corrected chi connectivity index (χ1v) is 4.72. The molecule has 0 amide bonds. The van der Waals surface area contributed by atoms with Gasteiger partial charge in [-0.3, -0.25) is 4.98 Å². The van der Waals surface area contributed by atoms with E-state index < -0.39 is 12.6 Å². The standard InChI is InChI=1S/C8H7F3IN/c9-8(10,11)3-1-7-5-6(12)2-4-13-7/h2,4-5H,1,3H2. The van der Waals surface area contributed by atoms with Gasteiger partial charge in [0.2, 0.25) is 0 Å². The van der Waals surface area contributed by atoms with Gasteiger partial charge in [0, 0.05) is 21.9 Å². The van der Waals surface area contributed by atoms with Crippen molar-refractivity contribution in [3.63, 3.8) is 0 Å². The summed E-state index contributed by atoms with van der Waals surface area (Å²) in [6.45, 7) is 0.